The zero-order valence-corrected chi connectivity index (χ0v) is 31.8. The molecule has 288 valence electrons. The van der Waals surface area contributed by atoms with Gasteiger partial charge in [-0.1, -0.05) is 70.6 Å². The Labute approximate surface area is 307 Å². The van der Waals surface area contributed by atoms with Gasteiger partial charge in [0.25, 0.3) is 0 Å². The molecule has 4 saturated carbocycles. The third-order valence-corrected chi connectivity index (χ3v) is 17.7. The van der Waals surface area contributed by atoms with E-state index in [1.165, 1.54) is 5.57 Å². The topological polar surface area (TPSA) is 163 Å². The Balaban J connectivity index is 1.19. The predicted molar refractivity (Wildman–Crippen MR) is 191 cm³/mol. The quantitative estimate of drug-likeness (QED) is 0.171. The molecule has 10 heteroatoms. The van der Waals surface area contributed by atoms with Gasteiger partial charge in [0.1, 0.15) is 18.3 Å². The first-order chi connectivity index (χ1) is 24.4. The van der Waals surface area contributed by atoms with E-state index in [0.717, 1.165) is 57.8 Å². The number of aliphatic carboxylic acids is 2. The fourth-order valence-corrected chi connectivity index (χ4v) is 15.4. The highest BCUT2D eigenvalue weighted by molar-refractivity contribution is 5.79. The molecule has 0 aromatic carbocycles. The van der Waals surface area contributed by atoms with Crippen molar-refractivity contribution >= 4 is 11.9 Å². The highest BCUT2D eigenvalue weighted by Crippen LogP contribution is 2.85. The molecule has 7 aliphatic carbocycles. The molecule has 8 rings (SSSR count). The average Bonchev–Trinajstić information content (AvgIpc) is 3.05. The molecule has 0 aromatic heterocycles. The predicted octanol–water partition coefficient (Wildman–Crippen LogP) is 5.64. The van der Waals surface area contributed by atoms with Crippen LogP contribution in [-0.4, -0.2) is 88.0 Å². The van der Waals surface area contributed by atoms with Crippen LogP contribution in [0.5, 0.6) is 0 Å². The Hall–Kier alpha value is -2.08. The number of aliphatic hydroxyl groups is 3. The first-order valence-corrected chi connectivity index (χ1v) is 19.7. The summed E-state index contributed by atoms with van der Waals surface area (Å²) in [5.74, 6) is -1.95. The first-order valence-electron chi connectivity index (χ1n) is 19.7. The number of allylic oxidation sites excluding steroid dienone is 6. The number of ether oxygens (including phenoxy) is 3. The van der Waals surface area contributed by atoms with Crippen LogP contribution in [0.4, 0.5) is 0 Å². The normalized spacial score (nSPS) is 54.1. The maximum atomic E-state index is 13.9. The fraction of sp³-hybridized carbons (Fsp3) is 0.810. The van der Waals surface area contributed by atoms with Gasteiger partial charge in [0.05, 0.1) is 18.1 Å². The number of carbonyl (C=O) groups is 2. The Morgan fingerprint density at radius 2 is 1.62 bits per heavy atom. The van der Waals surface area contributed by atoms with E-state index in [2.05, 4.69) is 65.0 Å². The van der Waals surface area contributed by atoms with E-state index < -0.39 is 58.9 Å². The second-order valence-corrected chi connectivity index (χ2v) is 19.7. The first kappa shape index (κ1) is 36.9. The minimum atomic E-state index is -1.77. The van der Waals surface area contributed by atoms with Crippen LogP contribution in [0.1, 0.15) is 105 Å². The van der Waals surface area contributed by atoms with Crippen LogP contribution in [0.15, 0.2) is 36.0 Å². The van der Waals surface area contributed by atoms with Crippen molar-refractivity contribution < 1.29 is 49.3 Å². The standard InChI is InChI=1S/C42H60O10/c1-35(2)25-9-17-38(5)39-13-8-15-41(38,37(25,4)16-11-27(35)51-33-30(45)28(43)29(44)31(52-33)32(46)47)18-10-26(39)40-14-7-12-36(3,23-40)21-24(22-50-6)42(40,20-19-39)34(48)49/h7-8,10,14-15,24-25,27-31,33,43-45H,9,11-13,16-23H2,1-6H3,(H,46,47)(H,48,49). The highest BCUT2D eigenvalue weighted by atomic mass is 16.7. The third-order valence-electron chi connectivity index (χ3n) is 17.7. The molecule has 0 aromatic rings. The zero-order chi connectivity index (χ0) is 37.5. The van der Waals surface area contributed by atoms with E-state index >= 15 is 0 Å². The molecule has 15 unspecified atom stereocenters. The Kier molecular flexibility index (Phi) is 8.14. The molecule has 0 amide bonds. The molecular formula is C42H60O10. The van der Waals surface area contributed by atoms with E-state index in [-0.39, 0.29) is 45.0 Å². The molecule has 1 saturated heterocycles. The van der Waals surface area contributed by atoms with E-state index in [1.807, 2.05) is 0 Å². The van der Waals surface area contributed by atoms with Crippen LogP contribution in [-0.2, 0) is 23.8 Å². The Morgan fingerprint density at radius 3 is 2.31 bits per heavy atom. The molecule has 8 aliphatic rings. The summed E-state index contributed by atoms with van der Waals surface area (Å²) in [6, 6.07) is 0. The van der Waals surface area contributed by atoms with Crippen LogP contribution in [0.2, 0.25) is 0 Å². The molecule has 1 aliphatic heterocycles. The summed E-state index contributed by atoms with van der Waals surface area (Å²) in [4.78, 5) is 25.7. The summed E-state index contributed by atoms with van der Waals surface area (Å²) >= 11 is 0. The maximum Gasteiger partial charge on any atom is 0.335 e. The summed E-state index contributed by atoms with van der Waals surface area (Å²) in [7, 11) is 1.71. The smallest absolute Gasteiger partial charge is 0.335 e. The van der Waals surface area contributed by atoms with Gasteiger partial charge < -0.3 is 39.7 Å². The summed E-state index contributed by atoms with van der Waals surface area (Å²) in [5.41, 5.74) is -1.09. The average molecular weight is 725 g/mol. The van der Waals surface area contributed by atoms with E-state index in [1.54, 1.807) is 7.11 Å². The van der Waals surface area contributed by atoms with Gasteiger partial charge in [0, 0.05) is 29.3 Å². The SMILES string of the molecule is COCC1CC2(C)CC=CC3(C2)C2=CCC45C=CCC2(CCC13C(=O)O)C4(C)CCC1C(C)(C)C(OC2OC(C(=O)O)C(O)C(O)C2O)CCC15C. The van der Waals surface area contributed by atoms with Gasteiger partial charge in [-0.2, -0.15) is 0 Å². The van der Waals surface area contributed by atoms with Crippen LogP contribution < -0.4 is 0 Å². The zero-order valence-electron chi connectivity index (χ0n) is 31.8. The van der Waals surface area contributed by atoms with Gasteiger partial charge in [0.2, 0.25) is 0 Å². The van der Waals surface area contributed by atoms with Crippen molar-refractivity contribution in [1.29, 1.82) is 0 Å². The molecule has 0 radical (unpaired) electrons. The summed E-state index contributed by atoms with van der Waals surface area (Å²) in [5, 5.41) is 52.7. The van der Waals surface area contributed by atoms with Crippen molar-refractivity contribution in [3.63, 3.8) is 0 Å². The van der Waals surface area contributed by atoms with E-state index in [9.17, 15) is 35.1 Å². The molecule has 1 heterocycles. The molecular weight excluding hydrogens is 664 g/mol. The number of hydrogen-bond acceptors (Lipinski definition) is 8. The molecule has 5 fully saturated rings. The molecule has 5 N–H and O–H groups in total. The number of fused-ring (bicyclic) bond motifs is 2. The van der Waals surface area contributed by atoms with Gasteiger partial charge in [-0.15, -0.1) is 0 Å². The molecule has 4 bridgehead atoms. The molecule has 2 spiro atoms. The van der Waals surface area contributed by atoms with Gasteiger partial charge in [-0.25, -0.2) is 4.79 Å². The van der Waals surface area contributed by atoms with Crippen molar-refractivity contribution in [1.82, 2.24) is 0 Å². The van der Waals surface area contributed by atoms with Gasteiger partial charge in [-0.3, -0.25) is 4.79 Å². The van der Waals surface area contributed by atoms with Gasteiger partial charge >= 0.3 is 11.9 Å². The Morgan fingerprint density at radius 1 is 0.885 bits per heavy atom. The van der Waals surface area contributed by atoms with Crippen molar-refractivity contribution in [2.45, 2.75) is 142 Å². The van der Waals surface area contributed by atoms with Gasteiger partial charge in [0.15, 0.2) is 12.4 Å². The number of carboxylic acid groups (broad SMARTS) is 2. The number of carboxylic acids is 2. The second kappa shape index (κ2) is 11.5. The van der Waals surface area contributed by atoms with Crippen LogP contribution in [0.25, 0.3) is 0 Å². The van der Waals surface area contributed by atoms with Crippen LogP contribution in [0, 0.1) is 55.2 Å². The minimum absolute atomic E-state index is 0.0104. The lowest BCUT2D eigenvalue weighted by atomic mass is 9.24. The van der Waals surface area contributed by atoms with Gasteiger partial charge in [-0.05, 0) is 98.2 Å². The third kappa shape index (κ3) is 4.18. The number of rotatable bonds is 6. The van der Waals surface area contributed by atoms with E-state index in [4.69, 9.17) is 14.2 Å². The molecule has 52 heavy (non-hydrogen) atoms. The van der Waals surface area contributed by atoms with Crippen molar-refractivity contribution in [3.8, 4) is 0 Å². The number of methoxy groups -OCH3 is 1. The lowest BCUT2D eigenvalue weighted by molar-refractivity contribution is -0.327. The largest absolute Gasteiger partial charge is 0.481 e. The van der Waals surface area contributed by atoms with Crippen LogP contribution in [0.3, 0.4) is 0 Å². The molecule has 15 atom stereocenters. The van der Waals surface area contributed by atoms with E-state index in [0.29, 0.717) is 19.4 Å². The number of aliphatic hydroxyl groups excluding tert-OH is 3. The maximum absolute atomic E-state index is 13.9. The van der Waals surface area contributed by atoms with Crippen LogP contribution >= 0.6 is 0 Å². The summed E-state index contributed by atoms with van der Waals surface area (Å²) in [6.45, 7) is 12.3. The highest BCUT2D eigenvalue weighted by Gasteiger charge is 2.79. The lowest BCUT2D eigenvalue weighted by Crippen LogP contribution is -2.73. The number of hydrogen-bond donors (Lipinski definition) is 5. The monoisotopic (exact) mass is 724 g/mol. The summed E-state index contributed by atoms with van der Waals surface area (Å²) in [6.07, 6.45) is 13.0. The van der Waals surface area contributed by atoms with Crippen molar-refractivity contribution in [3.05, 3.63) is 36.0 Å². The Bertz CT molecular complexity index is 1620. The molecule has 10 nitrogen and oxygen atoms in total. The second-order valence-electron chi connectivity index (χ2n) is 19.7. The fourth-order valence-electron chi connectivity index (χ4n) is 15.4. The summed E-state index contributed by atoms with van der Waals surface area (Å²) < 4.78 is 17.9. The minimum Gasteiger partial charge on any atom is -0.481 e. The van der Waals surface area contributed by atoms with Crippen molar-refractivity contribution in [2.24, 2.45) is 55.2 Å². The van der Waals surface area contributed by atoms with Crippen molar-refractivity contribution in [2.75, 3.05) is 13.7 Å². The lowest BCUT2D eigenvalue weighted by Gasteiger charge is -2.79.